The minimum atomic E-state index is -1.06. The van der Waals surface area contributed by atoms with Crippen LogP contribution in [0.15, 0.2) is 54.0 Å². The van der Waals surface area contributed by atoms with Crippen LogP contribution in [-0.4, -0.2) is 26.5 Å². The van der Waals surface area contributed by atoms with Crippen molar-refractivity contribution in [3.05, 3.63) is 69.7 Å². The normalized spacial score (nSPS) is 26.2. The molecule has 3 rings (SSSR count). The third kappa shape index (κ3) is 1.98. The number of fused-ring (bicyclic) bond motifs is 1. The van der Waals surface area contributed by atoms with E-state index in [2.05, 4.69) is 10.3 Å². The average Bonchev–Trinajstić information content (AvgIpc) is 2.84. The molecule has 2 heterocycles. The van der Waals surface area contributed by atoms with E-state index in [4.69, 9.17) is 0 Å². The van der Waals surface area contributed by atoms with Crippen LogP contribution in [0, 0.1) is 16.0 Å². The summed E-state index contributed by atoms with van der Waals surface area (Å²) in [5.74, 6) is -1.93. The first-order chi connectivity index (χ1) is 10.4. The minimum Gasteiger partial charge on any atom is -0.481 e. The van der Waals surface area contributed by atoms with Crippen LogP contribution in [0.4, 0.5) is 0 Å². The van der Waals surface area contributed by atoms with Gasteiger partial charge in [-0.05, 0) is 25.1 Å². The summed E-state index contributed by atoms with van der Waals surface area (Å²) in [4.78, 5) is 26.3. The predicted molar refractivity (Wildman–Crippen MR) is 78.0 cm³/mol. The van der Waals surface area contributed by atoms with Crippen molar-refractivity contribution in [3.8, 4) is 0 Å². The smallest absolute Gasteiger partial charge is 0.313 e. The number of nitrogens with zero attached hydrogens (tertiary/aromatic N) is 2. The zero-order chi connectivity index (χ0) is 15.9. The zero-order valence-electron chi connectivity index (χ0n) is 11.7. The van der Waals surface area contributed by atoms with E-state index >= 15 is 0 Å². The molecule has 0 bridgehead atoms. The van der Waals surface area contributed by atoms with Crippen LogP contribution in [0.25, 0.3) is 5.70 Å². The second-order valence-electron chi connectivity index (χ2n) is 5.36. The molecule has 112 valence electrons. The number of carbonyl (C=O) groups is 1. The van der Waals surface area contributed by atoms with Gasteiger partial charge in [-0.2, -0.15) is 0 Å². The van der Waals surface area contributed by atoms with E-state index in [0.29, 0.717) is 11.3 Å². The van der Waals surface area contributed by atoms with Gasteiger partial charge < -0.3 is 10.4 Å². The summed E-state index contributed by atoms with van der Waals surface area (Å²) < 4.78 is 0. The van der Waals surface area contributed by atoms with Gasteiger partial charge in [-0.25, -0.2) is 0 Å². The van der Waals surface area contributed by atoms with Gasteiger partial charge in [-0.3, -0.25) is 19.9 Å². The predicted octanol–water partition coefficient (Wildman–Crippen LogP) is 1.59. The lowest BCUT2D eigenvalue weighted by Crippen LogP contribution is -2.50. The van der Waals surface area contributed by atoms with E-state index in [0.717, 1.165) is 5.56 Å². The number of aromatic nitrogens is 1. The Morgan fingerprint density at radius 2 is 2.32 bits per heavy atom. The van der Waals surface area contributed by atoms with Crippen molar-refractivity contribution in [2.45, 2.75) is 12.5 Å². The summed E-state index contributed by atoms with van der Waals surface area (Å²) in [7, 11) is 0. The van der Waals surface area contributed by atoms with Crippen molar-refractivity contribution in [2.24, 2.45) is 5.92 Å². The molecule has 1 aliphatic heterocycles. The first-order valence-corrected chi connectivity index (χ1v) is 6.64. The Morgan fingerprint density at radius 3 is 2.91 bits per heavy atom. The van der Waals surface area contributed by atoms with Crippen molar-refractivity contribution in [3.63, 3.8) is 0 Å². The van der Waals surface area contributed by atoms with Gasteiger partial charge >= 0.3 is 5.97 Å². The molecule has 0 saturated heterocycles. The van der Waals surface area contributed by atoms with Gasteiger partial charge in [-0.15, -0.1) is 0 Å². The molecule has 2 unspecified atom stereocenters. The lowest BCUT2D eigenvalue weighted by Gasteiger charge is -2.34. The maximum atomic E-state index is 11.5. The fourth-order valence-electron chi connectivity index (χ4n) is 2.90. The molecule has 0 spiro atoms. The fourth-order valence-corrected chi connectivity index (χ4v) is 2.90. The molecule has 1 aromatic heterocycles. The van der Waals surface area contributed by atoms with Crippen molar-refractivity contribution in [1.82, 2.24) is 10.3 Å². The first-order valence-electron chi connectivity index (χ1n) is 6.64. The topological polar surface area (TPSA) is 105 Å². The van der Waals surface area contributed by atoms with Crippen molar-refractivity contribution < 1.29 is 14.8 Å². The highest BCUT2D eigenvalue weighted by atomic mass is 16.6. The van der Waals surface area contributed by atoms with E-state index in [1.165, 1.54) is 12.2 Å². The highest BCUT2D eigenvalue weighted by Crippen LogP contribution is 2.42. The summed E-state index contributed by atoms with van der Waals surface area (Å²) in [6.45, 7) is 1.66. The van der Waals surface area contributed by atoms with Gasteiger partial charge in [0, 0.05) is 29.7 Å². The molecule has 0 aromatic carbocycles. The van der Waals surface area contributed by atoms with Crippen LogP contribution in [-0.2, 0) is 4.79 Å². The van der Waals surface area contributed by atoms with E-state index in [1.54, 1.807) is 31.5 Å². The molecule has 0 radical (unpaired) electrons. The third-order valence-electron chi connectivity index (χ3n) is 4.02. The quantitative estimate of drug-likeness (QED) is 0.648. The highest BCUT2D eigenvalue weighted by Gasteiger charge is 2.49. The summed E-state index contributed by atoms with van der Waals surface area (Å²) >= 11 is 0. The second kappa shape index (κ2) is 4.80. The Bertz CT molecular complexity index is 751. The number of carboxylic acids is 1. The molecule has 0 saturated carbocycles. The monoisotopic (exact) mass is 299 g/mol. The number of pyridine rings is 1. The molecule has 0 amide bonds. The molecule has 7 nitrogen and oxygen atoms in total. The second-order valence-corrected chi connectivity index (χ2v) is 5.36. The molecule has 1 aromatic rings. The molecule has 0 fully saturated rings. The molecule has 2 atom stereocenters. The number of rotatable bonds is 3. The van der Waals surface area contributed by atoms with Gasteiger partial charge in [0.1, 0.15) is 5.92 Å². The molecular weight excluding hydrogens is 286 g/mol. The van der Waals surface area contributed by atoms with Gasteiger partial charge in [0.2, 0.25) is 0 Å². The highest BCUT2D eigenvalue weighted by molar-refractivity contribution is 5.82. The number of nitrogens with one attached hydrogen (secondary N) is 1. The number of hydrogen-bond acceptors (Lipinski definition) is 5. The van der Waals surface area contributed by atoms with Gasteiger partial charge in [-0.1, -0.05) is 6.08 Å². The number of nitro groups is 1. The van der Waals surface area contributed by atoms with E-state index in [1.807, 2.05) is 6.07 Å². The Balaban J connectivity index is 2.14. The number of aliphatic carboxylic acids is 1. The van der Waals surface area contributed by atoms with E-state index < -0.39 is 22.3 Å². The van der Waals surface area contributed by atoms with Crippen molar-refractivity contribution in [1.29, 1.82) is 0 Å². The SMILES string of the molecule is CC12NC(c3cccnc3)=CC1=C([N+](=O)[O-])C=CC2C(=O)O. The zero-order valence-corrected chi connectivity index (χ0v) is 11.7. The summed E-state index contributed by atoms with van der Waals surface area (Å²) in [6, 6.07) is 3.56. The molecular formula is C15H13N3O4. The van der Waals surface area contributed by atoms with Crippen molar-refractivity contribution >= 4 is 11.7 Å². The van der Waals surface area contributed by atoms with E-state index in [-0.39, 0.29) is 5.70 Å². The third-order valence-corrected chi connectivity index (χ3v) is 4.02. The number of carboxylic acid groups (broad SMARTS) is 1. The lowest BCUT2D eigenvalue weighted by molar-refractivity contribution is -0.420. The van der Waals surface area contributed by atoms with Crippen molar-refractivity contribution in [2.75, 3.05) is 0 Å². The largest absolute Gasteiger partial charge is 0.481 e. The van der Waals surface area contributed by atoms with Crippen LogP contribution in [0.5, 0.6) is 0 Å². The Hall–Kier alpha value is -2.96. The summed E-state index contributed by atoms with van der Waals surface area (Å²) in [5.41, 5.74) is 0.587. The first kappa shape index (κ1) is 14.0. The number of allylic oxidation sites excluding steroid dienone is 1. The Labute approximate surface area is 125 Å². The van der Waals surface area contributed by atoms with Gasteiger partial charge in [0.25, 0.3) is 5.70 Å². The molecule has 1 aliphatic carbocycles. The van der Waals surface area contributed by atoms with Crippen LogP contribution >= 0.6 is 0 Å². The van der Waals surface area contributed by atoms with Gasteiger partial charge in [0.15, 0.2) is 0 Å². The average molecular weight is 299 g/mol. The Morgan fingerprint density at radius 1 is 1.55 bits per heavy atom. The van der Waals surface area contributed by atoms with Crippen LogP contribution in [0.3, 0.4) is 0 Å². The number of hydrogen-bond donors (Lipinski definition) is 2. The molecule has 7 heteroatoms. The van der Waals surface area contributed by atoms with Crippen LogP contribution in [0.1, 0.15) is 12.5 Å². The maximum absolute atomic E-state index is 11.5. The Kier molecular flexibility index (Phi) is 3.05. The maximum Gasteiger partial charge on any atom is 0.313 e. The summed E-state index contributed by atoms with van der Waals surface area (Å²) in [6.07, 6.45) is 7.50. The lowest BCUT2D eigenvalue weighted by atomic mass is 9.76. The minimum absolute atomic E-state index is 0.0913. The van der Waals surface area contributed by atoms with E-state index in [9.17, 15) is 20.0 Å². The standard InChI is InChI=1S/C15H13N3O4/c1-15-10(14(19)20)4-5-13(18(21)22)11(15)7-12(17-15)9-3-2-6-16-8-9/h2-8,10,17H,1H3,(H,19,20). The van der Waals surface area contributed by atoms with Crippen LogP contribution < -0.4 is 5.32 Å². The molecule has 22 heavy (non-hydrogen) atoms. The fraction of sp³-hybridized carbons (Fsp3) is 0.200. The molecule has 2 N–H and O–H groups in total. The molecule has 2 aliphatic rings. The van der Waals surface area contributed by atoms with Crippen LogP contribution in [0.2, 0.25) is 0 Å². The van der Waals surface area contributed by atoms with Gasteiger partial charge in [0.05, 0.1) is 16.0 Å². The summed E-state index contributed by atoms with van der Waals surface area (Å²) in [5, 5.41) is 23.8.